The van der Waals surface area contributed by atoms with Crippen LogP contribution in [0.25, 0.3) is 0 Å². The number of benzene rings is 2. The van der Waals surface area contributed by atoms with Crippen molar-refractivity contribution in [3.05, 3.63) is 60.2 Å². The van der Waals surface area contributed by atoms with Crippen molar-refractivity contribution in [2.75, 3.05) is 7.11 Å². The van der Waals surface area contributed by atoms with Crippen LogP contribution in [0.3, 0.4) is 0 Å². The van der Waals surface area contributed by atoms with Crippen LogP contribution < -0.4 is 4.74 Å². The first-order chi connectivity index (χ1) is 9.74. The average Bonchev–Trinajstić information content (AvgIpc) is 2.50. The number of carbonyl (C=O) groups is 1. The number of hydrogen-bond donors (Lipinski definition) is 0. The third kappa shape index (κ3) is 4.50. The van der Waals surface area contributed by atoms with Gasteiger partial charge in [-0.2, -0.15) is 0 Å². The van der Waals surface area contributed by atoms with Gasteiger partial charge in [-0.3, -0.25) is 4.79 Å². The number of ether oxygens (including phenoxy) is 2. The second kappa shape index (κ2) is 8.32. The Morgan fingerprint density at radius 3 is 2.10 bits per heavy atom. The van der Waals surface area contributed by atoms with Gasteiger partial charge >= 0.3 is 5.97 Å². The van der Waals surface area contributed by atoms with E-state index < -0.39 is 0 Å². The van der Waals surface area contributed by atoms with Crippen molar-refractivity contribution in [3.8, 4) is 11.5 Å². The smallest absolute Gasteiger partial charge is 0.313 e. The predicted molar refractivity (Wildman–Crippen MR) is 85.3 cm³/mol. The summed E-state index contributed by atoms with van der Waals surface area (Å²) in [6, 6.07) is 17.1. The maximum atomic E-state index is 11.7. The van der Waals surface area contributed by atoms with E-state index in [-0.39, 0.29) is 24.3 Å². The highest BCUT2D eigenvalue weighted by atomic mass is 35.5. The van der Waals surface area contributed by atoms with Crippen LogP contribution in [0.5, 0.6) is 11.5 Å². The lowest BCUT2D eigenvalue weighted by Crippen LogP contribution is -2.13. The normalized spacial score (nSPS) is 11.1. The SMILES string of the molecule is CCC(C(=O)OC)c1ccc(Oc2ccccc2)cc1.Cl. The quantitative estimate of drug-likeness (QED) is 0.759. The van der Waals surface area contributed by atoms with Crippen molar-refractivity contribution < 1.29 is 14.3 Å². The lowest BCUT2D eigenvalue weighted by atomic mass is 9.97. The number of halogens is 1. The van der Waals surface area contributed by atoms with Crippen molar-refractivity contribution in [1.82, 2.24) is 0 Å². The van der Waals surface area contributed by atoms with Gasteiger partial charge in [0.2, 0.25) is 0 Å². The van der Waals surface area contributed by atoms with E-state index in [0.717, 1.165) is 17.1 Å². The summed E-state index contributed by atoms with van der Waals surface area (Å²) < 4.78 is 10.5. The van der Waals surface area contributed by atoms with Gasteiger partial charge in [0.15, 0.2) is 0 Å². The summed E-state index contributed by atoms with van der Waals surface area (Å²) in [5.74, 6) is 1.12. The molecule has 0 fully saturated rings. The fourth-order valence-electron chi connectivity index (χ4n) is 2.07. The Labute approximate surface area is 131 Å². The monoisotopic (exact) mass is 306 g/mol. The number of esters is 1. The predicted octanol–water partition coefficient (Wildman–Crippen LogP) is 4.57. The summed E-state index contributed by atoms with van der Waals surface area (Å²) in [6.07, 6.45) is 0.714. The average molecular weight is 307 g/mol. The Kier molecular flexibility index (Phi) is 6.76. The molecule has 0 saturated heterocycles. The fraction of sp³-hybridized carbons (Fsp3) is 0.235. The molecule has 2 aromatic rings. The minimum Gasteiger partial charge on any atom is -0.469 e. The van der Waals surface area contributed by atoms with Crippen LogP contribution in [-0.4, -0.2) is 13.1 Å². The van der Waals surface area contributed by atoms with Gasteiger partial charge in [0.05, 0.1) is 13.0 Å². The third-order valence-electron chi connectivity index (χ3n) is 3.16. The standard InChI is InChI=1S/C17H18O3.ClH/c1-3-16(17(18)19-2)13-9-11-15(12-10-13)20-14-7-5-4-6-8-14;/h4-12,16H,3H2,1-2H3;1H. The number of methoxy groups -OCH3 is 1. The molecule has 3 nitrogen and oxygen atoms in total. The van der Waals surface area contributed by atoms with Crippen molar-refractivity contribution >= 4 is 18.4 Å². The lowest BCUT2D eigenvalue weighted by molar-refractivity contribution is -0.142. The molecule has 0 N–H and O–H groups in total. The highest BCUT2D eigenvalue weighted by Gasteiger charge is 2.18. The van der Waals surface area contributed by atoms with Crippen molar-refractivity contribution in [1.29, 1.82) is 0 Å². The molecule has 0 heterocycles. The Morgan fingerprint density at radius 1 is 1.00 bits per heavy atom. The van der Waals surface area contributed by atoms with Crippen LogP contribution in [-0.2, 0) is 9.53 Å². The van der Waals surface area contributed by atoms with E-state index in [1.165, 1.54) is 7.11 Å². The zero-order chi connectivity index (χ0) is 14.4. The second-order valence-electron chi connectivity index (χ2n) is 4.47. The fourth-order valence-corrected chi connectivity index (χ4v) is 2.07. The summed E-state index contributed by atoms with van der Waals surface area (Å²) in [4.78, 5) is 11.7. The Bertz CT molecular complexity index is 552. The maximum Gasteiger partial charge on any atom is 0.313 e. The largest absolute Gasteiger partial charge is 0.469 e. The first kappa shape index (κ1) is 17.1. The molecule has 0 aliphatic carbocycles. The van der Waals surface area contributed by atoms with E-state index in [2.05, 4.69) is 0 Å². The van der Waals surface area contributed by atoms with Crippen LogP contribution in [0.2, 0.25) is 0 Å². The van der Waals surface area contributed by atoms with Gasteiger partial charge in [0, 0.05) is 0 Å². The van der Waals surface area contributed by atoms with E-state index in [1.54, 1.807) is 0 Å². The molecule has 112 valence electrons. The minimum absolute atomic E-state index is 0. The van der Waals surface area contributed by atoms with Gasteiger partial charge in [-0.25, -0.2) is 0 Å². The molecule has 0 saturated carbocycles. The molecule has 0 spiro atoms. The lowest BCUT2D eigenvalue weighted by Gasteiger charge is -2.13. The van der Waals surface area contributed by atoms with E-state index >= 15 is 0 Å². The molecule has 0 radical (unpaired) electrons. The summed E-state index contributed by atoms with van der Waals surface area (Å²) >= 11 is 0. The van der Waals surface area contributed by atoms with Crippen LogP contribution in [0.1, 0.15) is 24.8 Å². The molecule has 1 atom stereocenters. The number of carbonyl (C=O) groups excluding carboxylic acids is 1. The molecular weight excluding hydrogens is 288 g/mol. The molecule has 2 rings (SSSR count). The number of hydrogen-bond acceptors (Lipinski definition) is 3. The Balaban J connectivity index is 0.00000220. The van der Waals surface area contributed by atoms with Gasteiger partial charge in [-0.05, 0) is 36.2 Å². The van der Waals surface area contributed by atoms with E-state index in [1.807, 2.05) is 61.5 Å². The third-order valence-corrected chi connectivity index (χ3v) is 3.16. The Morgan fingerprint density at radius 2 is 1.57 bits per heavy atom. The number of para-hydroxylation sites is 1. The molecule has 2 aromatic carbocycles. The second-order valence-corrected chi connectivity index (χ2v) is 4.47. The summed E-state index contributed by atoms with van der Waals surface area (Å²) in [5.41, 5.74) is 0.944. The molecule has 0 aromatic heterocycles. The van der Waals surface area contributed by atoms with Gasteiger partial charge in [-0.1, -0.05) is 37.3 Å². The topological polar surface area (TPSA) is 35.5 Å². The molecular formula is C17H19ClO3. The van der Waals surface area contributed by atoms with Crippen LogP contribution in [0.15, 0.2) is 54.6 Å². The molecule has 21 heavy (non-hydrogen) atoms. The van der Waals surface area contributed by atoms with Crippen LogP contribution >= 0.6 is 12.4 Å². The number of rotatable bonds is 5. The maximum absolute atomic E-state index is 11.7. The zero-order valence-corrected chi connectivity index (χ0v) is 12.9. The van der Waals surface area contributed by atoms with E-state index in [4.69, 9.17) is 9.47 Å². The minimum atomic E-state index is -0.217. The van der Waals surface area contributed by atoms with Crippen molar-refractivity contribution in [2.45, 2.75) is 19.3 Å². The van der Waals surface area contributed by atoms with Crippen LogP contribution in [0, 0.1) is 0 Å². The first-order valence-electron chi connectivity index (χ1n) is 6.65. The van der Waals surface area contributed by atoms with Gasteiger partial charge in [-0.15, -0.1) is 12.4 Å². The van der Waals surface area contributed by atoms with Crippen LogP contribution in [0.4, 0.5) is 0 Å². The van der Waals surface area contributed by atoms with Crippen molar-refractivity contribution in [3.63, 3.8) is 0 Å². The summed E-state index contributed by atoms with van der Waals surface area (Å²) in [7, 11) is 1.41. The molecule has 0 aliphatic rings. The van der Waals surface area contributed by atoms with E-state index in [0.29, 0.717) is 6.42 Å². The van der Waals surface area contributed by atoms with Gasteiger partial charge < -0.3 is 9.47 Å². The zero-order valence-electron chi connectivity index (χ0n) is 12.1. The summed E-state index contributed by atoms with van der Waals surface area (Å²) in [5, 5.41) is 0. The van der Waals surface area contributed by atoms with E-state index in [9.17, 15) is 4.79 Å². The first-order valence-corrected chi connectivity index (χ1v) is 6.65. The van der Waals surface area contributed by atoms with Gasteiger partial charge in [0.1, 0.15) is 11.5 Å². The highest BCUT2D eigenvalue weighted by Crippen LogP contribution is 2.26. The molecule has 1 unspecified atom stereocenters. The Hall–Kier alpha value is -2.00. The van der Waals surface area contributed by atoms with Crippen molar-refractivity contribution in [2.24, 2.45) is 0 Å². The molecule has 0 bridgehead atoms. The highest BCUT2D eigenvalue weighted by molar-refractivity contribution is 5.85. The molecule has 0 amide bonds. The van der Waals surface area contributed by atoms with Gasteiger partial charge in [0.25, 0.3) is 0 Å². The molecule has 4 heteroatoms. The molecule has 0 aliphatic heterocycles. The summed E-state index contributed by atoms with van der Waals surface area (Å²) in [6.45, 7) is 1.97.